The van der Waals surface area contributed by atoms with E-state index in [2.05, 4.69) is 5.10 Å². The van der Waals surface area contributed by atoms with Crippen LogP contribution in [-0.2, 0) is 11.3 Å². The van der Waals surface area contributed by atoms with Crippen molar-refractivity contribution in [2.75, 3.05) is 20.7 Å². The second-order valence-corrected chi connectivity index (χ2v) is 5.24. The number of hydrogen-bond acceptors (Lipinski definition) is 4. The summed E-state index contributed by atoms with van der Waals surface area (Å²) in [5, 5.41) is 13.8. The van der Waals surface area contributed by atoms with Crippen LogP contribution in [0.25, 0.3) is 0 Å². The van der Waals surface area contributed by atoms with Crippen molar-refractivity contribution in [1.82, 2.24) is 14.7 Å². The zero-order valence-electron chi connectivity index (χ0n) is 13.1. The molecule has 2 rings (SSSR count). The average molecular weight is 303 g/mol. The molecule has 1 atom stereocenters. The van der Waals surface area contributed by atoms with E-state index in [1.54, 1.807) is 29.9 Å². The number of carbonyl (C=O) groups is 1. The lowest BCUT2D eigenvalue weighted by Gasteiger charge is -2.26. The van der Waals surface area contributed by atoms with Gasteiger partial charge in [-0.05, 0) is 26.1 Å². The molecule has 0 amide bonds. The van der Waals surface area contributed by atoms with Crippen LogP contribution in [-0.4, -0.2) is 46.5 Å². The summed E-state index contributed by atoms with van der Waals surface area (Å²) in [6, 6.07) is 6.66. The van der Waals surface area contributed by atoms with Crippen LogP contribution in [0.1, 0.15) is 17.2 Å². The van der Waals surface area contributed by atoms with Crippen molar-refractivity contribution in [2.45, 2.75) is 19.5 Å². The Morgan fingerprint density at radius 2 is 2.27 bits per heavy atom. The molecule has 0 bridgehead atoms. The molecular weight excluding hydrogens is 282 g/mol. The molecule has 1 heterocycles. The summed E-state index contributed by atoms with van der Waals surface area (Å²) in [6.45, 7) is 3.13. The molecule has 0 aliphatic heterocycles. The first-order valence-electron chi connectivity index (χ1n) is 7.08. The zero-order chi connectivity index (χ0) is 16.1. The number of hydrogen-bond donors (Lipinski definition) is 1. The number of aryl methyl sites for hydroxylation is 1. The van der Waals surface area contributed by atoms with Gasteiger partial charge in [0.1, 0.15) is 11.8 Å². The number of aromatic nitrogens is 2. The Bertz CT molecular complexity index is 626. The molecule has 0 aliphatic carbocycles. The van der Waals surface area contributed by atoms with E-state index in [0.29, 0.717) is 24.4 Å². The van der Waals surface area contributed by atoms with Gasteiger partial charge in [0.15, 0.2) is 0 Å². The highest BCUT2D eigenvalue weighted by atomic mass is 16.5. The normalized spacial score (nSPS) is 12.4. The number of likely N-dealkylation sites (N-methyl/N-ethyl adjacent to an activating group) is 1. The van der Waals surface area contributed by atoms with Crippen LogP contribution >= 0.6 is 0 Å². The SMILES string of the molecule is COc1ccc(C)cc1[C@@H](C(=O)O)N(C)CCn1cccn1. The van der Waals surface area contributed by atoms with Gasteiger partial charge in [-0.25, -0.2) is 0 Å². The lowest BCUT2D eigenvalue weighted by molar-refractivity contribution is -0.143. The van der Waals surface area contributed by atoms with Gasteiger partial charge in [-0.2, -0.15) is 5.10 Å². The molecule has 0 saturated heterocycles. The molecular formula is C16H21N3O3. The molecule has 6 nitrogen and oxygen atoms in total. The zero-order valence-corrected chi connectivity index (χ0v) is 13.1. The van der Waals surface area contributed by atoms with Crippen molar-refractivity contribution in [3.63, 3.8) is 0 Å². The molecule has 0 radical (unpaired) electrons. The maximum Gasteiger partial charge on any atom is 0.325 e. The highest BCUT2D eigenvalue weighted by molar-refractivity contribution is 5.76. The first-order chi connectivity index (χ1) is 10.5. The van der Waals surface area contributed by atoms with Gasteiger partial charge < -0.3 is 9.84 Å². The van der Waals surface area contributed by atoms with Crippen LogP contribution in [0.3, 0.4) is 0 Å². The van der Waals surface area contributed by atoms with Gasteiger partial charge in [0.25, 0.3) is 0 Å². The summed E-state index contributed by atoms with van der Waals surface area (Å²) >= 11 is 0. The highest BCUT2D eigenvalue weighted by Gasteiger charge is 2.27. The van der Waals surface area contributed by atoms with Crippen molar-refractivity contribution in [3.8, 4) is 5.75 Å². The van der Waals surface area contributed by atoms with Gasteiger partial charge in [-0.1, -0.05) is 17.7 Å². The number of nitrogens with zero attached hydrogens (tertiary/aromatic N) is 3. The number of carboxylic acid groups (broad SMARTS) is 1. The van der Waals surface area contributed by atoms with Crippen molar-refractivity contribution >= 4 is 5.97 Å². The molecule has 6 heteroatoms. The fourth-order valence-corrected chi connectivity index (χ4v) is 2.45. The third-order valence-electron chi connectivity index (χ3n) is 3.60. The van der Waals surface area contributed by atoms with Crippen molar-refractivity contribution < 1.29 is 14.6 Å². The second-order valence-electron chi connectivity index (χ2n) is 5.24. The Labute approximate surface area is 129 Å². The molecule has 0 aliphatic rings. The molecule has 0 fully saturated rings. The fourth-order valence-electron chi connectivity index (χ4n) is 2.45. The first-order valence-corrected chi connectivity index (χ1v) is 7.08. The van der Waals surface area contributed by atoms with Crippen LogP contribution in [0, 0.1) is 6.92 Å². The van der Waals surface area contributed by atoms with Gasteiger partial charge in [0.05, 0.1) is 13.7 Å². The number of ether oxygens (including phenoxy) is 1. The molecule has 2 aromatic rings. The van der Waals surface area contributed by atoms with Crippen molar-refractivity contribution in [3.05, 3.63) is 47.8 Å². The van der Waals surface area contributed by atoms with Gasteiger partial charge in [-0.3, -0.25) is 14.4 Å². The van der Waals surface area contributed by atoms with Gasteiger partial charge in [0.2, 0.25) is 0 Å². The molecule has 22 heavy (non-hydrogen) atoms. The third-order valence-corrected chi connectivity index (χ3v) is 3.60. The predicted molar refractivity (Wildman–Crippen MR) is 83.0 cm³/mol. The summed E-state index contributed by atoms with van der Waals surface area (Å²) in [4.78, 5) is 13.6. The summed E-state index contributed by atoms with van der Waals surface area (Å²) in [5.74, 6) is -0.309. The van der Waals surface area contributed by atoms with E-state index in [-0.39, 0.29) is 0 Å². The van der Waals surface area contributed by atoms with E-state index in [1.807, 2.05) is 37.4 Å². The molecule has 0 spiro atoms. The summed E-state index contributed by atoms with van der Waals surface area (Å²) in [5.41, 5.74) is 1.67. The number of benzene rings is 1. The molecule has 0 unspecified atom stereocenters. The van der Waals surface area contributed by atoms with E-state index >= 15 is 0 Å². The van der Waals surface area contributed by atoms with Gasteiger partial charge >= 0.3 is 5.97 Å². The topological polar surface area (TPSA) is 67.6 Å². The molecule has 1 aromatic heterocycles. The summed E-state index contributed by atoms with van der Waals surface area (Å²) in [7, 11) is 3.35. The predicted octanol–water partition coefficient (Wildman–Crippen LogP) is 1.96. The third kappa shape index (κ3) is 3.65. The number of methoxy groups -OCH3 is 1. The Hall–Kier alpha value is -2.34. The van der Waals surface area contributed by atoms with E-state index in [1.165, 1.54) is 0 Å². The fraction of sp³-hybridized carbons (Fsp3) is 0.375. The molecule has 118 valence electrons. The van der Waals surface area contributed by atoms with Crippen molar-refractivity contribution in [1.29, 1.82) is 0 Å². The lowest BCUT2D eigenvalue weighted by Crippen LogP contribution is -2.33. The van der Waals surface area contributed by atoms with E-state index in [9.17, 15) is 9.90 Å². The number of carboxylic acids is 1. The standard InChI is InChI=1S/C16H21N3O3/c1-12-5-6-14(22-3)13(11-12)15(16(20)21)18(2)9-10-19-8-4-7-17-19/h4-8,11,15H,9-10H2,1-3H3,(H,20,21)/t15-/m0/s1. The molecule has 1 aromatic carbocycles. The van der Waals surface area contributed by atoms with Crippen molar-refractivity contribution in [2.24, 2.45) is 0 Å². The van der Waals surface area contributed by atoms with Gasteiger partial charge in [0, 0.05) is 24.5 Å². The second kappa shape index (κ2) is 7.09. The summed E-state index contributed by atoms with van der Waals surface area (Å²) in [6.07, 6.45) is 3.56. The summed E-state index contributed by atoms with van der Waals surface area (Å²) < 4.78 is 7.11. The van der Waals surface area contributed by atoms with Crippen LogP contribution < -0.4 is 4.74 Å². The smallest absolute Gasteiger partial charge is 0.325 e. The van der Waals surface area contributed by atoms with Crippen LogP contribution in [0.4, 0.5) is 0 Å². The number of rotatable bonds is 7. The quantitative estimate of drug-likeness (QED) is 0.847. The van der Waals surface area contributed by atoms with Crippen LogP contribution in [0.5, 0.6) is 5.75 Å². The maximum atomic E-state index is 11.8. The van der Waals surface area contributed by atoms with Gasteiger partial charge in [-0.15, -0.1) is 0 Å². The maximum absolute atomic E-state index is 11.8. The molecule has 0 saturated carbocycles. The minimum Gasteiger partial charge on any atom is -0.496 e. The minimum atomic E-state index is -0.896. The highest BCUT2D eigenvalue weighted by Crippen LogP contribution is 2.30. The van der Waals surface area contributed by atoms with E-state index in [4.69, 9.17) is 4.74 Å². The average Bonchev–Trinajstić information content (AvgIpc) is 2.98. The monoisotopic (exact) mass is 303 g/mol. The Kier molecular flexibility index (Phi) is 5.16. The Morgan fingerprint density at radius 3 is 2.86 bits per heavy atom. The van der Waals surface area contributed by atoms with Crippen LogP contribution in [0.15, 0.2) is 36.7 Å². The Balaban J connectivity index is 2.22. The Morgan fingerprint density at radius 1 is 1.50 bits per heavy atom. The molecule has 1 N–H and O–H groups in total. The van der Waals surface area contributed by atoms with E-state index < -0.39 is 12.0 Å². The minimum absolute atomic E-state index is 0.565. The number of aliphatic carboxylic acids is 1. The lowest BCUT2D eigenvalue weighted by atomic mass is 10.0. The van der Waals surface area contributed by atoms with E-state index in [0.717, 1.165) is 5.56 Å². The largest absolute Gasteiger partial charge is 0.496 e. The first kappa shape index (κ1) is 16.0. The van der Waals surface area contributed by atoms with Crippen LogP contribution in [0.2, 0.25) is 0 Å².